The lowest BCUT2D eigenvalue weighted by atomic mass is 9.87. The summed E-state index contributed by atoms with van der Waals surface area (Å²) in [6.07, 6.45) is 2.93. The maximum Gasteiger partial charge on any atom is 0.268 e. The summed E-state index contributed by atoms with van der Waals surface area (Å²) in [5.74, 6) is 0.785. The van der Waals surface area contributed by atoms with E-state index in [1.165, 1.54) is 0 Å². The molecule has 1 unspecified atom stereocenters. The molecule has 136 valence electrons. The number of rotatable bonds is 5. The first-order valence-electron chi connectivity index (χ1n) is 8.80. The monoisotopic (exact) mass is 373 g/mol. The third kappa shape index (κ3) is 2.54. The average molecular weight is 374 g/mol. The van der Waals surface area contributed by atoms with Crippen LogP contribution in [-0.2, 0) is 10.4 Å². The van der Waals surface area contributed by atoms with Gasteiger partial charge in [0.1, 0.15) is 0 Å². The van der Waals surface area contributed by atoms with Crippen LogP contribution >= 0.6 is 11.6 Å². The van der Waals surface area contributed by atoms with Gasteiger partial charge in [0.2, 0.25) is 6.79 Å². The molecule has 2 aliphatic heterocycles. The summed E-state index contributed by atoms with van der Waals surface area (Å²) in [6, 6.07) is 10.3. The molecular formula is C20H20ClNO4. The van der Waals surface area contributed by atoms with Gasteiger partial charge in [0.25, 0.3) is 5.91 Å². The highest BCUT2D eigenvalue weighted by Gasteiger charge is 2.51. The zero-order valence-corrected chi connectivity index (χ0v) is 15.3. The smallest absolute Gasteiger partial charge is 0.268 e. The number of hydrogen-bond donors (Lipinski definition) is 1. The number of nitrogens with zero attached hydrogens (tertiary/aromatic N) is 1. The van der Waals surface area contributed by atoms with E-state index >= 15 is 0 Å². The van der Waals surface area contributed by atoms with Crippen LogP contribution < -0.4 is 14.4 Å². The maximum absolute atomic E-state index is 13.3. The van der Waals surface area contributed by atoms with Gasteiger partial charge in [-0.1, -0.05) is 43.5 Å². The first-order chi connectivity index (χ1) is 12.6. The van der Waals surface area contributed by atoms with E-state index in [1.54, 1.807) is 41.3 Å². The highest BCUT2D eigenvalue weighted by molar-refractivity contribution is 6.31. The second-order valence-corrected chi connectivity index (χ2v) is 7.04. The van der Waals surface area contributed by atoms with Gasteiger partial charge in [0, 0.05) is 22.7 Å². The van der Waals surface area contributed by atoms with E-state index in [0.717, 1.165) is 19.3 Å². The van der Waals surface area contributed by atoms with Crippen LogP contribution in [0.1, 0.15) is 37.3 Å². The van der Waals surface area contributed by atoms with Gasteiger partial charge in [-0.2, -0.15) is 0 Å². The van der Waals surface area contributed by atoms with Gasteiger partial charge in [-0.3, -0.25) is 4.79 Å². The van der Waals surface area contributed by atoms with Crippen molar-refractivity contribution < 1.29 is 19.4 Å². The minimum absolute atomic E-state index is 0.139. The Morgan fingerprint density at radius 1 is 1.15 bits per heavy atom. The number of anilines is 1. The van der Waals surface area contributed by atoms with Crippen molar-refractivity contribution in [2.75, 3.05) is 18.2 Å². The number of carbonyl (C=O) groups is 1. The molecule has 2 aromatic rings. The van der Waals surface area contributed by atoms with E-state index in [0.29, 0.717) is 39.9 Å². The van der Waals surface area contributed by atoms with Crippen molar-refractivity contribution in [3.05, 3.63) is 52.5 Å². The van der Waals surface area contributed by atoms with E-state index in [4.69, 9.17) is 21.1 Å². The summed E-state index contributed by atoms with van der Waals surface area (Å²) >= 11 is 6.16. The van der Waals surface area contributed by atoms with Gasteiger partial charge >= 0.3 is 0 Å². The van der Waals surface area contributed by atoms with Crippen LogP contribution in [0.5, 0.6) is 11.5 Å². The van der Waals surface area contributed by atoms with Crippen LogP contribution in [0, 0.1) is 0 Å². The molecule has 0 saturated carbocycles. The lowest BCUT2D eigenvalue weighted by Gasteiger charge is -2.24. The van der Waals surface area contributed by atoms with Crippen LogP contribution in [-0.4, -0.2) is 24.4 Å². The SMILES string of the molecule is CCCCCN1C(=O)C(O)(c2ccc3c(c2)OCO3)c2ccc(Cl)cc21. The van der Waals surface area contributed by atoms with E-state index in [1.807, 2.05) is 0 Å². The Balaban J connectivity index is 1.79. The Hall–Kier alpha value is -2.24. The van der Waals surface area contributed by atoms with Gasteiger partial charge in [-0.15, -0.1) is 0 Å². The fourth-order valence-electron chi connectivity index (χ4n) is 3.60. The third-order valence-corrected chi connectivity index (χ3v) is 5.21. The number of benzene rings is 2. The first kappa shape index (κ1) is 17.2. The fraction of sp³-hybridized carbons (Fsp3) is 0.350. The molecule has 1 N–H and O–H groups in total. The van der Waals surface area contributed by atoms with E-state index in [-0.39, 0.29) is 12.7 Å². The molecular weight excluding hydrogens is 354 g/mol. The zero-order chi connectivity index (χ0) is 18.3. The number of carbonyl (C=O) groups excluding carboxylic acids is 1. The normalized spacial score (nSPS) is 20.6. The number of aliphatic hydroxyl groups is 1. The van der Waals surface area contributed by atoms with Crippen molar-refractivity contribution in [2.24, 2.45) is 0 Å². The molecule has 26 heavy (non-hydrogen) atoms. The van der Waals surface area contributed by atoms with Crippen molar-refractivity contribution >= 4 is 23.2 Å². The van der Waals surface area contributed by atoms with Crippen molar-refractivity contribution in [1.29, 1.82) is 0 Å². The average Bonchev–Trinajstić information content (AvgIpc) is 3.18. The quantitative estimate of drug-likeness (QED) is 0.809. The largest absolute Gasteiger partial charge is 0.454 e. The van der Waals surface area contributed by atoms with E-state index in [9.17, 15) is 9.90 Å². The maximum atomic E-state index is 13.3. The molecule has 6 heteroatoms. The van der Waals surface area contributed by atoms with Gasteiger partial charge in [-0.05, 0) is 30.7 Å². The fourth-order valence-corrected chi connectivity index (χ4v) is 3.76. The minimum atomic E-state index is -1.76. The van der Waals surface area contributed by atoms with E-state index < -0.39 is 5.60 Å². The molecule has 1 amide bonds. The highest BCUT2D eigenvalue weighted by atomic mass is 35.5. The molecule has 4 rings (SSSR count). The van der Waals surface area contributed by atoms with Crippen LogP contribution in [0.4, 0.5) is 5.69 Å². The van der Waals surface area contributed by atoms with Crippen molar-refractivity contribution in [1.82, 2.24) is 0 Å². The van der Waals surface area contributed by atoms with Crippen LogP contribution in [0.2, 0.25) is 5.02 Å². The Labute approximate surface area is 157 Å². The Bertz CT molecular complexity index is 869. The van der Waals surface area contributed by atoms with Crippen molar-refractivity contribution in [3.8, 4) is 11.5 Å². The minimum Gasteiger partial charge on any atom is -0.454 e. The van der Waals surface area contributed by atoms with Crippen molar-refractivity contribution in [3.63, 3.8) is 0 Å². The molecule has 2 aromatic carbocycles. The van der Waals surface area contributed by atoms with Crippen LogP contribution in [0.25, 0.3) is 0 Å². The number of hydrogen-bond acceptors (Lipinski definition) is 4. The molecule has 0 aromatic heterocycles. The number of unbranched alkanes of at least 4 members (excludes halogenated alkanes) is 2. The zero-order valence-electron chi connectivity index (χ0n) is 14.5. The molecule has 2 heterocycles. The Morgan fingerprint density at radius 2 is 1.96 bits per heavy atom. The number of halogens is 1. The van der Waals surface area contributed by atoms with Crippen molar-refractivity contribution in [2.45, 2.75) is 31.8 Å². The summed E-state index contributed by atoms with van der Waals surface area (Å²) in [4.78, 5) is 14.9. The predicted octanol–water partition coefficient (Wildman–Crippen LogP) is 3.84. The molecule has 1 atom stereocenters. The molecule has 0 spiro atoms. The van der Waals surface area contributed by atoms with Gasteiger partial charge < -0.3 is 19.5 Å². The number of ether oxygens (including phenoxy) is 2. The van der Waals surface area contributed by atoms with Gasteiger partial charge in [0.15, 0.2) is 17.1 Å². The van der Waals surface area contributed by atoms with E-state index in [2.05, 4.69) is 6.92 Å². The summed E-state index contributed by atoms with van der Waals surface area (Å²) < 4.78 is 10.7. The molecule has 0 aliphatic carbocycles. The highest BCUT2D eigenvalue weighted by Crippen LogP contribution is 2.47. The summed E-state index contributed by atoms with van der Waals surface area (Å²) in [5, 5.41) is 12.0. The second kappa shape index (κ2) is 6.49. The lowest BCUT2D eigenvalue weighted by molar-refractivity contribution is -0.132. The molecule has 5 nitrogen and oxygen atoms in total. The summed E-state index contributed by atoms with van der Waals surface area (Å²) in [6.45, 7) is 2.80. The predicted molar refractivity (Wildman–Crippen MR) is 98.9 cm³/mol. The van der Waals surface area contributed by atoms with Crippen LogP contribution in [0.15, 0.2) is 36.4 Å². The first-order valence-corrected chi connectivity index (χ1v) is 9.18. The Kier molecular flexibility index (Phi) is 4.29. The standard InChI is InChI=1S/C20H20ClNO4/c1-2-3-4-9-22-16-11-14(21)6-7-15(16)20(24,19(22)23)13-5-8-17-18(10-13)26-12-25-17/h5-8,10-11,24H,2-4,9,12H2,1H3. The Morgan fingerprint density at radius 3 is 2.77 bits per heavy atom. The topological polar surface area (TPSA) is 59.0 Å². The van der Waals surface area contributed by atoms with Gasteiger partial charge in [0.05, 0.1) is 5.69 Å². The number of amides is 1. The molecule has 2 aliphatic rings. The van der Waals surface area contributed by atoms with Crippen LogP contribution in [0.3, 0.4) is 0 Å². The van der Waals surface area contributed by atoms with Gasteiger partial charge in [-0.25, -0.2) is 0 Å². The third-order valence-electron chi connectivity index (χ3n) is 4.97. The number of fused-ring (bicyclic) bond motifs is 2. The summed E-state index contributed by atoms with van der Waals surface area (Å²) in [7, 11) is 0. The summed E-state index contributed by atoms with van der Waals surface area (Å²) in [5.41, 5.74) is -0.0815. The second-order valence-electron chi connectivity index (χ2n) is 6.60. The molecule has 0 bridgehead atoms. The molecule has 0 saturated heterocycles. The lowest BCUT2D eigenvalue weighted by Crippen LogP contribution is -2.41. The molecule has 0 fully saturated rings. The molecule has 0 radical (unpaired) electrons.